The fourth-order valence-corrected chi connectivity index (χ4v) is 8.61. The normalized spacial score (nSPS) is 17.5. The number of hydrogen-bond donors (Lipinski definition) is 3. The van der Waals surface area contributed by atoms with Crippen molar-refractivity contribution in [3.63, 3.8) is 0 Å². The smallest absolute Gasteiger partial charge is 0.416 e. The lowest BCUT2D eigenvalue weighted by Crippen LogP contribution is -2.35. The summed E-state index contributed by atoms with van der Waals surface area (Å²) in [6.45, 7) is -0.0161. The van der Waals surface area contributed by atoms with Crippen molar-refractivity contribution in [2.24, 2.45) is 0 Å². The molecule has 0 radical (unpaired) electrons. The molecule has 0 spiro atoms. The fourth-order valence-electron chi connectivity index (χ4n) is 7.63. The van der Waals surface area contributed by atoms with Crippen LogP contribution in [0.3, 0.4) is 0 Å². The number of aromatic nitrogens is 2. The number of sulfonamides is 1. The molecule has 0 atom stereocenters. The molecule has 3 amide bonds. The van der Waals surface area contributed by atoms with Crippen LogP contribution in [0.5, 0.6) is 5.88 Å². The Labute approximate surface area is 255 Å². The first-order chi connectivity index (χ1) is 21.3. The van der Waals surface area contributed by atoms with E-state index < -0.39 is 22.1 Å². The van der Waals surface area contributed by atoms with Crippen LogP contribution in [0.1, 0.15) is 70.2 Å². The third-order valence-electron chi connectivity index (χ3n) is 9.52. The molecule has 0 saturated carbocycles. The number of carbonyl (C=O) groups is 2. The summed E-state index contributed by atoms with van der Waals surface area (Å²) in [5.41, 5.74) is 11.3. The first kappa shape index (κ1) is 27.2. The second kappa shape index (κ2) is 10.4. The molecule has 228 valence electrons. The summed E-state index contributed by atoms with van der Waals surface area (Å²) in [7, 11) is -4.32. The topological polar surface area (TPSA) is 141 Å². The third-order valence-corrected chi connectivity index (χ3v) is 10.8. The van der Waals surface area contributed by atoms with E-state index >= 15 is 0 Å². The first-order valence-electron chi connectivity index (χ1n) is 15.4. The van der Waals surface area contributed by atoms with Crippen LogP contribution in [0.15, 0.2) is 35.2 Å². The molecule has 1 aromatic heterocycles. The number of hydrogen-bond acceptors (Lipinski definition) is 7. The van der Waals surface area contributed by atoms with Gasteiger partial charge in [-0.2, -0.15) is 5.10 Å². The molecule has 0 unspecified atom stereocenters. The molecule has 0 bridgehead atoms. The van der Waals surface area contributed by atoms with Gasteiger partial charge < -0.3 is 14.8 Å². The number of anilines is 2. The number of amides is 3. The van der Waals surface area contributed by atoms with Crippen LogP contribution >= 0.6 is 0 Å². The van der Waals surface area contributed by atoms with Crippen LogP contribution in [-0.2, 0) is 72.7 Å². The Hall–Kier alpha value is -4.32. The molecule has 5 aliphatic rings. The minimum absolute atomic E-state index is 0.0161. The molecule has 3 N–H and O–H groups in total. The molecule has 11 nitrogen and oxygen atoms in total. The summed E-state index contributed by atoms with van der Waals surface area (Å²) in [4.78, 5) is 25.7. The van der Waals surface area contributed by atoms with Crippen molar-refractivity contribution in [2.45, 2.75) is 88.5 Å². The standard InChI is InChI=1S/C32H33N5O6S/c38-31(34-28-23-9-1-5-18(23)13-19-6-2-10-24(19)28)36-44(40,41)27-15-33-37-16-22(17-42-30(27)37)43-32(39)35-29-25-11-3-7-20(25)14-21-8-4-12-26(21)29/h13-15,17H,1-12,16H2,(H,35,39)(H2,34,36,38). The Morgan fingerprint density at radius 1 is 0.773 bits per heavy atom. The Kier molecular flexibility index (Phi) is 6.44. The van der Waals surface area contributed by atoms with Gasteiger partial charge in [-0.05, 0) is 122 Å². The summed E-state index contributed by atoms with van der Waals surface area (Å²) < 4.78 is 41.1. The van der Waals surface area contributed by atoms with Gasteiger partial charge in [-0.1, -0.05) is 12.1 Å². The predicted octanol–water partition coefficient (Wildman–Crippen LogP) is 4.83. The molecule has 8 rings (SSSR count). The number of nitrogens with one attached hydrogen (secondary N) is 3. The van der Waals surface area contributed by atoms with E-state index in [0.29, 0.717) is 0 Å². The van der Waals surface area contributed by atoms with E-state index in [1.54, 1.807) is 0 Å². The van der Waals surface area contributed by atoms with Crippen molar-refractivity contribution in [1.82, 2.24) is 14.5 Å². The summed E-state index contributed by atoms with van der Waals surface area (Å²) in [5, 5.41) is 9.96. The Bertz CT molecular complexity index is 1830. The highest BCUT2D eigenvalue weighted by molar-refractivity contribution is 7.90. The van der Waals surface area contributed by atoms with E-state index in [4.69, 9.17) is 9.47 Å². The number of nitrogens with zero attached hydrogens (tertiary/aromatic N) is 2. The third kappa shape index (κ3) is 4.63. The zero-order valence-electron chi connectivity index (χ0n) is 24.3. The second-order valence-corrected chi connectivity index (χ2v) is 13.9. The monoisotopic (exact) mass is 615 g/mol. The summed E-state index contributed by atoms with van der Waals surface area (Å²) in [6.07, 6.45) is 13.4. The molecule has 12 heteroatoms. The highest BCUT2D eigenvalue weighted by atomic mass is 32.2. The van der Waals surface area contributed by atoms with Crippen LogP contribution in [0, 0.1) is 0 Å². The van der Waals surface area contributed by atoms with Gasteiger partial charge in [-0.15, -0.1) is 0 Å². The molecule has 44 heavy (non-hydrogen) atoms. The van der Waals surface area contributed by atoms with Gasteiger partial charge >= 0.3 is 12.1 Å². The Morgan fingerprint density at radius 2 is 1.30 bits per heavy atom. The van der Waals surface area contributed by atoms with E-state index in [1.807, 2.05) is 0 Å². The van der Waals surface area contributed by atoms with Crippen molar-refractivity contribution in [1.29, 1.82) is 0 Å². The lowest BCUT2D eigenvalue weighted by atomic mass is 9.99. The van der Waals surface area contributed by atoms with Gasteiger partial charge in [0.2, 0.25) is 5.88 Å². The van der Waals surface area contributed by atoms with Crippen LogP contribution < -0.4 is 20.1 Å². The van der Waals surface area contributed by atoms with E-state index in [1.165, 1.54) is 44.3 Å². The summed E-state index contributed by atoms with van der Waals surface area (Å²) in [5.74, 6) is 0.0991. The van der Waals surface area contributed by atoms with Gasteiger partial charge in [0.1, 0.15) is 12.8 Å². The molecule has 4 aliphatic carbocycles. The number of ether oxygens (including phenoxy) is 2. The zero-order valence-corrected chi connectivity index (χ0v) is 25.1. The maximum Gasteiger partial charge on any atom is 0.416 e. The molecule has 0 saturated heterocycles. The molecule has 2 heterocycles. The SMILES string of the molecule is O=C(Nc1c2c(cc3c1CCC3)CCC2)NS(=O)(=O)c1cnn2c1OC=C(OC(=O)Nc1c3c(cc4c1CCC4)CCC3)C2. The maximum atomic E-state index is 13.3. The van der Waals surface area contributed by atoms with Crippen LogP contribution in [0.2, 0.25) is 0 Å². The molecule has 0 fully saturated rings. The number of fused-ring (bicyclic) bond motifs is 5. The number of allylic oxidation sites excluding steroid dienone is 1. The summed E-state index contributed by atoms with van der Waals surface area (Å²) in [6, 6.07) is 3.71. The first-order valence-corrected chi connectivity index (χ1v) is 16.9. The number of benzene rings is 2. The van der Waals surface area contributed by atoms with Crippen molar-refractivity contribution < 1.29 is 27.5 Å². The van der Waals surface area contributed by atoms with Crippen LogP contribution in [-0.4, -0.2) is 30.3 Å². The molecular weight excluding hydrogens is 582 g/mol. The van der Waals surface area contributed by atoms with Crippen LogP contribution in [0.25, 0.3) is 0 Å². The van der Waals surface area contributed by atoms with Crippen molar-refractivity contribution in [3.8, 4) is 5.88 Å². The van der Waals surface area contributed by atoms with Gasteiger partial charge in [-0.25, -0.2) is 27.4 Å². The van der Waals surface area contributed by atoms with E-state index in [2.05, 4.69) is 32.6 Å². The van der Waals surface area contributed by atoms with E-state index in [0.717, 1.165) is 106 Å². The second-order valence-electron chi connectivity index (χ2n) is 12.2. The zero-order chi connectivity index (χ0) is 30.0. The van der Waals surface area contributed by atoms with Gasteiger partial charge in [-0.3, -0.25) is 5.32 Å². The van der Waals surface area contributed by atoms with Gasteiger partial charge in [0, 0.05) is 5.69 Å². The Balaban J connectivity index is 0.949. The summed E-state index contributed by atoms with van der Waals surface area (Å²) >= 11 is 0. The molecular formula is C32H33N5O6S. The quantitative estimate of drug-likeness (QED) is 0.373. The Morgan fingerprint density at radius 3 is 1.84 bits per heavy atom. The van der Waals surface area contributed by atoms with E-state index in [9.17, 15) is 18.0 Å². The number of aryl methyl sites for hydroxylation is 4. The molecule has 2 aromatic carbocycles. The number of rotatable bonds is 5. The van der Waals surface area contributed by atoms with Gasteiger partial charge in [0.05, 0.1) is 11.9 Å². The predicted molar refractivity (Wildman–Crippen MR) is 161 cm³/mol. The largest absolute Gasteiger partial charge is 0.442 e. The minimum atomic E-state index is -4.32. The average molecular weight is 616 g/mol. The van der Waals surface area contributed by atoms with Gasteiger partial charge in [0.15, 0.2) is 10.7 Å². The number of urea groups is 1. The van der Waals surface area contributed by atoms with Crippen molar-refractivity contribution in [2.75, 3.05) is 10.6 Å². The van der Waals surface area contributed by atoms with Gasteiger partial charge in [0.25, 0.3) is 10.0 Å². The number of carbonyl (C=O) groups excluding carboxylic acids is 2. The fraction of sp³-hybridized carbons (Fsp3) is 0.406. The van der Waals surface area contributed by atoms with Crippen molar-refractivity contribution in [3.05, 3.63) is 74.9 Å². The van der Waals surface area contributed by atoms with Crippen LogP contribution in [0.4, 0.5) is 21.0 Å². The van der Waals surface area contributed by atoms with E-state index in [-0.39, 0.29) is 23.1 Å². The maximum absolute atomic E-state index is 13.3. The molecule has 3 aromatic rings. The lowest BCUT2D eigenvalue weighted by molar-refractivity contribution is 0.176. The average Bonchev–Trinajstić information content (AvgIpc) is 3.81. The molecule has 1 aliphatic heterocycles. The minimum Gasteiger partial charge on any atom is -0.442 e. The highest BCUT2D eigenvalue weighted by Gasteiger charge is 2.32. The highest BCUT2D eigenvalue weighted by Crippen LogP contribution is 2.40. The van der Waals surface area contributed by atoms with Crippen molar-refractivity contribution >= 4 is 33.5 Å². The lowest BCUT2D eigenvalue weighted by Gasteiger charge is -2.19.